The third-order valence-electron chi connectivity index (χ3n) is 4.84. The molecule has 0 spiro atoms. The molecule has 0 aliphatic heterocycles. The van der Waals surface area contributed by atoms with Gasteiger partial charge in [-0.2, -0.15) is 52.7 Å². The van der Waals surface area contributed by atoms with E-state index in [2.05, 4.69) is 0 Å². The van der Waals surface area contributed by atoms with Crippen molar-refractivity contribution in [3.05, 3.63) is 82.7 Å². The number of hydrogen-bond donors (Lipinski definition) is 0. The van der Waals surface area contributed by atoms with Crippen LogP contribution in [0.15, 0.2) is 54.6 Å². The Hall–Kier alpha value is -3.25. The van der Waals surface area contributed by atoms with Gasteiger partial charge in [0.15, 0.2) is 0 Å². The molecule has 0 nitrogen and oxygen atoms in total. The number of alkyl halides is 12. The summed E-state index contributed by atoms with van der Waals surface area (Å²) in [4.78, 5) is 0. The lowest BCUT2D eigenvalue weighted by Gasteiger charge is -2.18. The Bertz CT molecular complexity index is 1210. The monoisotopic (exact) mass is 520 g/mol. The lowest BCUT2D eigenvalue weighted by molar-refractivity contribution is -0.144. The number of hydrogen-bond acceptors (Lipinski definition) is 0. The molecule has 0 heterocycles. The molecule has 3 rings (SSSR count). The molecule has 188 valence electrons. The highest BCUT2D eigenvalue weighted by Gasteiger charge is 2.40. The van der Waals surface area contributed by atoms with E-state index in [1.807, 2.05) is 0 Å². The molecule has 13 heteroatoms. The average Bonchev–Trinajstić information content (AvgIpc) is 2.70. The number of benzene rings is 3. The van der Waals surface area contributed by atoms with Gasteiger partial charge >= 0.3 is 24.7 Å². The van der Waals surface area contributed by atoms with E-state index in [9.17, 15) is 52.7 Å². The number of halogens is 13. The minimum Gasteiger partial charge on any atom is -0.206 e. The van der Waals surface area contributed by atoms with Crippen molar-refractivity contribution in [2.24, 2.45) is 0 Å². The zero-order valence-corrected chi connectivity index (χ0v) is 16.6. The van der Waals surface area contributed by atoms with Gasteiger partial charge < -0.3 is 0 Å². The summed E-state index contributed by atoms with van der Waals surface area (Å²) in [5.74, 6) is -1.66. The zero-order valence-electron chi connectivity index (χ0n) is 16.6. The minimum absolute atomic E-state index is 0.175. The topological polar surface area (TPSA) is 0 Å². The smallest absolute Gasteiger partial charge is 0.206 e. The van der Waals surface area contributed by atoms with Crippen molar-refractivity contribution < 1.29 is 57.1 Å². The van der Waals surface area contributed by atoms with Crippen molar-refractivity contribution >= 4 is 0 Å². The highest BCUT2D eigenvalue weighted by atomic mass is 19.4. The van der Waals surface area contributed by atoms with Crippen LogP contribution in [0.1, 0.15) is 22.3 Å². The average molecular weight is 520 g/mol. The van der Waals surface area contributed by atoms with Crippen molar-refractivity contribution in [1.82, 2.24) is 0 Å². The first-order chi connectivity index (χ1) is 15.8. The van der Waals surface area contributed by atoms with Gasteiger partial charge in [0.2, 0.25) is 0 Å². The molecule has 0 radical (unpaired) electrons. The van der Waals surface area contributed by atoms with Gasteiger partial charge in [0.05, 0.1) is 22.3 Å². The Balaban J connectivity index is 2.29. The summed E-state index contributed by atoms with van der Waals surface area (Å²) in [6.07, 6.45) is -21.1. The molecule has 0 unspecified atom stereocenters. The molecule has 0 amide bonds. The summed E-state index contributed by atoms with van der Waals surface area (Å²) in [6.45, 7) is 0. The van der Waals surface area contributed by atoms with Crippen LogP contribution < -0.4 is 0 Å². The molecular weight excluding hydrogens is 511 g/mol. The summed E-state index contributed by atoms with van der Waals surface area (Å²) in [5, 5.41) is 0. The molecule has 35 heavy (non-hydrogen) atoms. The number of rotatable bonds is 2. The maximum absolute atomic E-state index is 15.3. The third-order valence-corrected chi connectivity index (χ3v) is 4.84. The Morgan fingerprint density at radius 1 is 0.429 bits per heavy atom. The van der Waals surface area contributed by atoms with E-state index in [0.717, 1.165) is 12.1 Å². The van der Waals surface area contributed by atoms with E-state index >= 15 is 4.39 Å². The second-order valence-corrected chi connectivity index (χ2v) is 7.22. The minimum atomic E-state index is -5.40. The molecule has 0 fully saturated rings. The molecule has 3 aromatic carbocycles. The van der Waals surface area contributed by atoms with E-state index < -0.39 is 75.0 Å². The second-order valence-electron chi connectivity index (χ2n) is 7.22. The van der Waals surface area contributed by atoms with Crippen molar-refractivity contribution in [3.8, 4) is 22.3 Å². The fourth-order valence-corrected chi connectivity index (χ4v) is 3.26. The van der Waals surface area contributed by atoms with Crippen molar-refractivity contribution in [3.63, 3.8) is 0 Å². The first kappa shape index (κ1) is 26.4. The normalized spacial score (nSPS) is 13.3. The summed E-state index contributed by atoms with van der Waals surface area (Å²) in [7, 11) is 0. The maximum atomic E-state index is 15.3. The van der Waals surface area contributed by atoms with Crippen LogP contribution in [0, 0.1) is 5.82 Å². The summed E-state index contributed by atoms with van der Waals surface area (Å²) in [5.41, 5.74) is -11.1. The van der Waals surface area contributed by atoms with Gasteiger partial charge in [-0.25, -0.2) is 4.39 Å². The lowest BCUT2D eigenvalue weighted by atomic mass is 9.92. The predicted octanol–water partition coefficient (Wildman–Crippen LogP) is 9.23. The molecule has 3 aromatic rings. The highest BCUT2D eigenvalue weighted by Crippen LogP contribution is 2.44. The molecule has 0 saturated heterocycles. The van der Waals surface area contributed by atoms with Crippen molar-refractivity contribution in [2.75, 3.05) is 0 Å². The van der Waals surface area contributed by atoms with Gasteiger partial charge in [0.1, 0.15) is 5.82 Å². The van der Waals surface area contributed by atoms with Crippen LogP contribution in [0.3, 0.4) is 0 Å². The molecule has 0 N–H and O–H groups in total. The second kappa shape index (κ2) is 8.45. The molecule has 0 bridgehead atoms. The first-order valence-electron chi connectivity index (χ1n) is 9.17. The Kier molecular flexibility index (Phi) is 6.36. The van der Waals surface area contributed by atoms with Crippen molar-refractivity contribution in [2.45, 2.75) is 24.7 Å². The van der Waals surface area contributed by atoms with Gasteiger partial charge in [-0.1, -0.05) is 24.3 Å². The van der Waals surface area contributed by atoms with Crippen LogP contribution in [0.25, 0.3) is 22.3 Å². The third kappa shape index (κ3) is 5.54. The van der Waals surface area contributed by atoms with E-state index in [1.54, 1.807) is 0 Å². The highest BCUT2D eigenvalue weighted by molar-refractivity contribution is 5.77. The van der Waals surface area contributed by atoms with Crippen LogP contribution in [-0.2, 0) is 24.7 Å². The molecule has 0 aromatic heterocycles. The standard InChI is InChI=1S/C22H9F13/c23-18-14(10-6-12(20(27,28)29)8-13(7-10)21(30,31)32)2-1-3-16(18)15-5-4-11(19(24,25)26)9-17(15)22(33,34)35/h1-9H. The van der Waals surface area contributed by atoms with Gasteiger partial charge in [-0.3, -0.25) is 0 Å². The lowest BCUT2D eigenvalue weighted by Crippen LogP contribution is -2.12. The Morgan fingerprint density at radius 3 is 1.37 bits per heavy atom. The summed E-state index contributed by atoms with van der Waals surface area (Å²) in [6, 6.07) is 2.70. The molecule has 0 saturated carbocycles. The quantitative estimate of drug-likeness (QED) is 0.296. The van der Waals surface area contributed by atoms with Crippen LogP contribution >= 0.6 is 0 Å². The summed E-state index contributed by atoms with van der Waals surface area (Å²) < 4.78 is 173. The van der Waals surface area contributed by atoms with Crippen molar-refractivity contribution in [1.29, 1.82) is 0 Å². The van der Waals surface area contributed by atoms with Crippen LogP contribution in [0.4, 0.5) is 57.1 Å². The fraction of sp³-hybridized carbons (Fsp3) is 0.182. The van der Waals surface area contributed by atoms with E-state index in [-0.39, 0.29) is 30.3 Å². The Labute approximate surface area is 187 Å². The van der Waals surface area contributed by atoms with E-state index in [1.165, 1.54) is 0 Å². The molecule has 0 aliphatic carbocycles. The summed E-state index contributed by atoms with van der Waals surface area (Å²) >= 11 is 0. The van der Waals surface area contributed by atoms with E-state index in [4.69, 9.17) is 0 Å². The SMILES string of the molecule is Fc1c(-c2cc(C(F)(F)F)cc(C(F)(F)F)c2)cccc1-c1ccc(C(F)(F)F)cc1C(F)(F)F. The molecular formula is C22H9F13. The predicted molar refractivity (Wildman–Crippen MR) is 97.3 cm³/mol. The van der Waals surface area contributed by atoms with Gasteiger partial charge in [0.25, 0.3) is 0 Å². The van der Waals surface area contributed by atoms with Gasteiger partial charge in [-0.05, 0) is 41.5 Å². The van der Waals surface area contributed by atoms with Crippen LogP contribution in [0.5, 0.6) is 0 Å². The first-order valence-corrected chi connectivity index (χ1v) is 9.17. The Morgan fingerprint density at radius 2 is 0.914 bits per heavy atom. The molecule has 0 aliphatic rings. The molecule has 0 atom stereocenters. The maximum Gasteiger partial charge on any atom is 0.417 e. The van der Waals surface area contributed by atoms with E-state index in [0.29, 0.717) is 12.1 Å². The largest absolute Gasteiger partial charge is 0.417 e. The van der Waals surface area contributed by atoms with Gasteiger partial charge in [0, 0.05) is 11.1 Å². The van der Waals surface area contributed by atoms with Gasteiger partial charge in [-0.15, -0.1) is 0 Å². The zero-order chi connectivity index (χ0) is 26.6. The van der Waals surface area contributed by atoms with Crippen LogP contribution in [-0.4, -0.2) is 0 Å². The fourth-order valence-electron chi connectivity index (χ4n) is 3.26. The van der Waals surface area contributed by atoms with Crippen LogP contribution in [0.2, 0.25) is 0 Å².